The van der Waals surface area contributed by atoms with Gasteiger partial charge in [-0.15, -0.1) is 0 Å². The molecule has 2 rings (SSSR count). The van der Waals surface area contributed by atoms with Crippen LogP contribution in [0.3, 0.4) is 0 Å². The van der Waals surface area contributed by atoms with Crippen molar-refractivity contribution in [1.29, 1.82) is 0 Å². The summed E-state index contributed by atoms with van der Waals surface area (Å²) in [5.41, 5.74) is 1.37. The highest BCUT2D eigenvalue weighted by Crippen LogP contribution is 2.32. The lowest BCUT2D eigenvalue weighted by molar-refractivity contribution is 0.601. The molecule has 0 aliphatic heterocycles. The lowest BCUT2D eigenvalue weighted by Gasteiger charge is -2.12. The predicted octanol–water partition coefficient (Wildman–Crippen LogP) is 4.44. The number of rotatable bonds is 5. The zero-order valence-electron chi connectivity index (χ0n) is 11.2. The first-order valence-corrected chi connectivity index (χ1v) is 9.31. The summed E-state index contributed by atoms with van der Waals surface area (Å²) in [7, 11) is -3.63. The molecule has 0 aromatic heterocycles. The molecule has 21 heavy (non-hydrogen) atoms. The van der Waals surface area contributed by atoms with Gasteiger partial charge in [0, 0.05) is 21.2 Å². The van der Waals surface area contributed by atoms with Crippen molar-refractivity contribution in [2.24, 2.45) is 0 Å². The number of para-hydroxylation sites is 1. The second-order valence-corrected chi connectivity index (χ2v) is 7.65. The van der Waals surface area contributed by atoms with E-state index >= 15 is 0 Å². The molecule has 0 amide bonds. The summed E-state index contributed by atoms with van der Waals surface area (Å²) < 4.78 is 28.7. The van der Waals surface area contributed by atoms with Crippen LogP contribution in [0.25, 0.3) is 0 Å². The van der Waals surface area contributed by atoms with E-state index in [1.54, 1.807) is 36.4 Å². The average molecular weight is 434 g/mol. The molecular formula is C14H14Br2N2O2S. The predicted molar refractivity (Wildman–Crippen MR) is 93.3 cm³/mol. The van der Waals surface area contributed by atoms with E-state index in [0.29, 0.717) is 14.6 Å². The van der Waals surface area contributed by atoms with Crippen molar-refractivity contribution in [3.05, 3.63) is 51.4 Å². The maximum Gasteiger partial charge on any atom is 0.261 e. The molecule has 4 nitrogen and oxygen atoms in total. The summed E-state index contributed by atoms with van der Waals surface area (Å²) in [5, 5.41) is 3.12. The van der Waals surface area contributed by atoms with Gasteiger partial charge in [0.15, 0.2) is 0 Å². The van der Waals surface area contributed by atoms with Gasteiger partial charge < -0.3 is 5.32 Å². The first-order valence-electron chi connectivity index (χ1n) is 6.25. The summed E-state index contributed by atoms with van der Waals surface area (Å²) >= 11 is 6.68. The van der Waals surface area contributed by atoms with Gasteiger partial charge in [-0.2, -0.15) is 0 Å². The maximum atomic E-state index is 12.4. The van der Waals surface area contributed by atoms with Crippen LogP contribution < -0.4 is 10.0 Å². The molecular weight excluding hydrogens is 420 g/mol. The molecule has 2 N–H and O–H groups in total. The number of hydrogen-bond acceptors (Lipinski definition) is 3. The Hall–Kier alpha value is -1.05. The largest absolute Gasteiger partial charge is 0.385 e. The summed E-state index contributed by atoms with van der Waals surface area (Å²) in [5.74, 6) is 0. The van der Waals surface area contributed by atoms with Gasteiger partial charge in [-0.1, -0.05) is 6.07 Å². The fourth-order valence-electron chi connectivity index (χ4n) is 1.74. The molecule has 7 heteroatoms. The van der Waals surface area contributed by atoms with Crippen LogP contribution in [0.4, 0.5) is 11.4 Å². The van der Waals surface area contributed by atoms with E-state index in [1.807, 2.05) is 13.0 Å². The van der Waals surface area contributed by atoms with Crippen molar-refractivity contribution < 1.29 is 8.42 Å². The highest BCUT2D eigenvalue weighted by Gasteiger charge is 2.17. The Labute approximate surface area is 141 Å². The van der Waals surface area contributed by atoms with Gasteiger partial charge in [0.1, 0.15) is 0 Å². The molecule has 0 fully saturated rings. The van der Waals surface area contributed by atoms with Crippen molar-refractivity contribution in [2.75, 3.05) is 16.6 Å². The first kappa shape index (κ1) is 16.3. The summed E-state index contributed by atoms with van der Waals surface area (Å²) in [6.07, 6.45) is 0. The third-order valence-electron chi connectivity index (χ3n) is 2.74. The lowest BCUT2D eigenvalue weighted by atomic mass is 10.3. The van der Waals surface area contributed by atoms with Gasteiger partial charge in [0.05, 0.1) is 10.6 Å². The van der Waals surface area contributed by atoms with Gasteiger partial charge in [0.2, 0.25) is 0 Å². The van der Waals surface area contributed by atoms with Crippen molar-refractivity contribution in [3.8, 4) is 0 Å². The van der Waals surface area contributed by atoms with Crippen LogP contribution in [0.5, 0.6) is 0 Å². The third kappa shape index (κ3) is 3.99. The highest BCUT2D eigenvalue weighted by atomic mass is 79.9. The van der Waals surface area contributed by atoms with E-state index < -0.39 is 10.0 Å². The fraction of sp³-hybridized carbons (Fsp3) is 0.143. The molecule has 0 saturated carbocycles. The Bertz CT molecular complexity index is 711. The minimum atomic E-state index is -3.63. The van der Waals surface area contributed by atoms with Gasteiger partial charge >= 0.3 is 0 Å². The van der Waals surface area contributed by atoms with E-state index in [9.17, 15) is 8.42 Å². The number of anilines is 2. The van der Waals surface area contributed by atoms with E-state index in [4.69, 9.17) is 0 Å². The molecule has 0 spiro atoms. The highest BCUT2D eigenvalue weighted by molar-refractivity contribution is 9.11. The van der Waals surface area contributed by atoms with Crippen LogP contribution in [0, 0.1) is 0 Å². The van der Waals surface area contributed by atoms with Crippen LogP contribution in [0.2, 0.25) is 0 Å². The molecule has 0 bridgehead atoms. The lowest BCUT2D eigenvalue weighted by Crippen LogP contribution is -2.13. The van der Waals surface area contributed by atoms with E-state index in [1.165, 1.54) is 0 Å². The molecule has 0 saturated heterocycles. The van der Waals surface area contributed by atoms with Crippen LogP contribution in [0.1, 0.15) is 6.92 Å². The molecule has 2 aromatic rings. The second-order valence-electron chi connectivity index (χ2n) is 4.26. The van der Waals surface area contributed by atoms with E-state index in [2.05, 4.69) is 41.9 Å². The monoisotopic (exact) mass is 432 g/mol. The number of hydrogen-bond donors (Lipinski definition) is 2. The first-order chi connectivity index (χ1) is 9.94. The van der Waals surface area contributed by atoms with Crippen LogP contribution >= 0.6 is 31.9 Å². The van der Waals surface area contributed by atoms with Crippen molar-refractivity contribution >= 4 is 53.3 Å². The van der Waals surface area contributed by atoms with Crippen LogP contribution in [-0.4, -0.2) is 15.0 Å². The smallest absolute Gasteiger partial charge is 0.261 e. The van der Waals surface area contributed by atoms with Gasteiger partial charge in [-0.3, -0.25) is 4.72 Å². The van der Waals surface area contributed by atoms with E-state index in [-0.39, 0.29) is 4.90 Å². The fourth-order valence-corrected chi connectivity index (χ4v) is 4.30. The Morgan fingerprint density at radius 3 is 2.10 bits per heavy atom. The molecule has 0 heterocycles. The second kappa shape index (κ2) is 6.81. The third-order valence-corrected chi connectivity index (χ3v) is 5.43. The van der Waals surface area contributed by atoms with Gasteiger partial charge in [-0.05, 0) is 75.2 Å². The molecule has 2 aromatic carbocycles. The van der Waals surface area contributed by atoms with Crippen LogP contribution in [-0.2, 0) is 10.0 Å². The number of benzene rings is 2. The van der Waals surface area contributed by atoms with Gasteiger partial charge in [-0.25, -0.2) is 8.42 Å². The Morgan fingerprint density at radius 2 is 1.57 bits per heavy atom. The molecule has 0 unspecified atom stereocenters. The normalized spacial score (nSPS) is 11.2. The standard InChI is InChI=1S/C14H14Br2N2O2S/c1-2-17-10-6-8-11(9-7-10)21(19,20)18-14-12(15)4-3-5-13(14)16/h3-9,17-18H,2H2,1H3. The zero-order chi connectivity index (χ0) is 15.5. The zero-order valence-corrected chi connectivity index (χ0v) is 15.2. The van der Waals surface area contributed by atoms with Crippen LogP contribution in [0.15, 0.2) is 56.3 Å². The molecule has 0 aliphatic carbocycles. The average Bonchev–Trinajstić information content (AvgIpc) is 2.44. The summed E-state index contributed by atoms with van der Waals surface area (Å²) in [6.45, 7) is 2.77. The Morgan fingerprint density at radius 1 is 1.00 bits per heavy atom. The molecule has 0 radical (unpaired) electrons. The van der Waals surface area contributed by atoms with Crippen molar-refractivity contribution in [3.63, 3.8) is 0 Å². The topological polar surface area (TPSA) is 58.2 Å². The molecule has 0 atom stereocenters. The number of sulfonamides is 1. The number of halogens is 2. The SMILES string of the molecule is CCNc1ccc(S(=O)(=O)Nc2c(Br)cccc2Br)cc1. The quantitative estimate of drug-likeness (QED) is 0.732. The van der Waals surface area contributed by atoms with Gasteiger partial charge in [0.25, 0.3) is 10.0 Å². The minimum absolute atomic E-state index is 0.215. The molecule has 0 aliphatic rings. The maximum absolute atomic E-state index is 12.4. The van der Waals surface area contributed by atoms with Crippen molar-refractivity contribution in [1.82, 2.24) is 0 Å². The van der Waals surface area contributed by atoms with Crippen molar-refractivity contribution in [2.45, 2.75) is 11.8 Å². The number of nitrogens with one attached hydrogen (secondary N) is 2. The molecule has 112 valence electrons. The summed E-state index contributed by atoms with van der Waals surface area (Å²) in [6, 6.07) is 12.0. The minimum Gasteiger partial charge on any atom is -0.385 e. The summed E-state index contributed by atoms with van der Waals surface area (Å²) in [4.78, 5) is 0.215. The Balaban J connectivity index is 2.30. The Kier molecular flexibility index (Phi) is 5.29. The van der Waals surface area contributed by atoms with E-state index in [0.717, 1.165) is 12.2 Å².